The fraction of sp³-hybridized carbons (Fsp3) is 0.950. The molecule has 4 rings (SSSR count). The first-order chi connectivity index (χ1) is 12.0. The highest BCUT2D eigenvalue weighted by molar-refractivity contribution is 14.0. The van der Waals surface area contributed by atoms with E-state index in [1.54, 1.807) is 0 Å². The van der Waals surface area contributed by atoms with E-state index in [2.05, 4.69) is 40.9 Å². The minimum absolute atomic E-state index is 0. The van der Waals surface area contributed by atoms with Gasteiger partial charge in [0.15, 0.2) is 5.96 Å². The molecule has 4 fully saturated rings. The van der Waals surface area contributed by atoms with Crippen LogP contribution >= 0.6 is 24.0 Å². The van der Waals surface area contributed by atoms with Gasteiger partial charge in [0.1, 0.15) is 0 Å². The molecule has 0 aromatic rings. The van der Waals surface area contributed by atoms with Crippen LogP contribution < -0.4 is 5.32 Å². The Balaban J connectivity index is 0.00000196. The normalized spacial score (nSPS) is 37.6. The highest BCUT2D eigenvalue weighted by Crippen LogP contribution is 2.47. The van der Waals surface area contributed by atoms with Crippen molar-refractivity contribution in [2.24, 2.45) is 22.7 Å². The molecule has 4 aliphatic rings. The van der Waals surface area contributed by atoms with E-state index in [0.29, 0.717) is 12.2 Å². The third-order valence-corrected chi connectivity index (χ3v) is 7.16. The first-order valence-electron chi connectivity index (χ1n) is 10.3. The molecule has 0 spiro atoms. The van der Waals surface area contributed by atoms with Gasteiger partial charge in [0, 0.05) is 50.6 Å². The molecular weight excluding hydrogens is 439 g/mol. The minimum atomic E-state index is 0. The van der Waals surface area contributed by atoms with Crippen LogP contribution in [-0.2, 0) is 4.74 Å². The zero-order valence-electron chi connectivity index (χ0n) is 16.9. The van der Waals surface area contributed by atoms with Gasteiger partial charge in [-0.2, -0.15) is 0 Å². The first kappa shape index (κ1) is 20.6. The largest absolute Gasteiger partial charge is 0.374 e. The van der Waals surface area contributed by atoms with E-state index >= 15 is 0 Å². The summed E-state index contributed by atoms with van der Waals surface area (Å²) in [6.07, 6.45) is 6.28. The van der Waals surface area contributed by atoms with Gasteiger partial charge in [0.2, 0.25) is 0 Å². The van der Waals surface area contributed by atoms with Crippen LogP contribution in [0.2, 0.25) is 0 Å². The maximum absolute atomic E-state index is 6.11. The van der Waals surface area contributed by atoms with Gasteiger partial charge >= 0.3 is 0 Å². The van der Waals surface area contributed by atoms with Crippen LogP contribution in [0.4, 0.5) is 0 Å². The van der Waals surface area contributed by atoms with Gasteiger partial charge in [-0.1, -0.05) is 6.92 Å². The molecule has 5 nitrogen and oxygen atoms in total. The van der Waals surface area contributed by atoms with Gasteiger partial charge in [-0.15, -0.1) is 24.0 Å². The molecule has 5 unspecified atom stereocenters. The van der Waals surface area contributed by atoms with Crippen molar-refractivity contribution in [3.05, 3.63) is 0 Å². The standard InChI is InChI=1S/C20H36N4O.HI/c1-14-6-5-9-24(10-14)20(2,3)13-22-19(21-4)23-11-15-16(12-23)18-8-7-17(15)25-18;/h14-18H,5-13H2,1-4H3,(H,21,22);1H. The lowest BCUT2D eigenvalue weighted by atomic mass is 9.82. The molecule has 4 heterocycles. The summed E-state index contributed by atoms with van der Waals surface area (Å²) in [6, 6.07) is 0. The van der Waals surface area contributed by atoms with Crippen molar-refractivity contribution in [2.75, 3.05) is 39.8 Å². The van der Waals surface area contributed by atoms with Gasteiger partial charge in [-0.25, -0.2) is 0 Å². The van der Waals surface area contributed by atoms with Gasteiger partial charge in [0.25, 0.3) is 0 Å². The zero-order chi connectivity index (χ0) is 17.6. The second-order valence-electron chi connectivity index (χ2n) is 9.43. The lowest BCUT2D eigenvalue weighted by Gasteiger charge is -2.43. The van der Waals surface area contributed by atoms with Crippen molar-refractivity contribution in [1.29, 1.82) is 0 Å². The Hall–Kier alpha value is -0.0800. The number of hydrogen-bond acceptors (Lipinski definition) is 3. The number of rotatable bonds is 3. The molecule has 4 saturated heterocycles. The van der Waals surface area contributed by atoms with E-state index in [9.17, 15) is 0 Å². The van der Waals surface area contributed by atoms with Crippen LogP contribution in [0.15, 0.2) is 4.99 Å². The van der Waals surface area contributed by atoms with Crippen LogP contribution in [0, 0.1) is 17.8 Å². The summed E-state index contributed by atoms with van der Waals surface area (Å²) in [5.74, 6) is 3.37. The summed E-state index contributed by atoms with van der Waals surface area (Å²) >= 11 is 0. The summed E-state index contributed by atoms with van der Waals surface area (Å²) < 4.78 is 6.11. The number of aliphatic imine (C=N–C) groups is 1. The summed E-state index contributed by atoms with van der Waals surface area (Å²) in [4.78, 5) is 9.75. The Kier molecular flexibility index (Phi) is 6.44. The average molecular weight is 476 g/mol. The monoisotopic (exact) mass is 476 g/mol. The second kappa shape index (κ2) is 8.11. The number of hydrogen-bond donors (Lipinski definition) is 1. The van der Waals surface area contributed by atoms with Crippen LogP contribution in [0.5, 0.6) is 0 Å². The molecule has 0 aromatic heterocycles. The fourth-order valence-electron chi connectivity index (χ4n) is 5.61. The first-order valence-corrected chi connectivity index (χ1v) is 10.3. The van der Waals surface area contributed by atoms with Gasteiger partial charge in [-0.05, 0) is 52.0 Å². The summed E-state index contributed by atoms with van der Waals surface area (Å²) in [5, 5.41) is 3.70. The number of likely N-dealkylation sites (tertiary alicyclic amines) is 2. The third-order valence-electron chi connectivity index (χ3n) is 7.16. The van der Waals surface area contributed by atoms with Crippen LogP contribution in [0.25, 0.3) is 0 Å². The molecule has 0 aromatic carbocycles. The Morgan fingerprint density at radius 2 is 1.77 bits per heavy atom. The quantitative estimate of drug-likeness (QED) is 0.387. The van der Waals surface area contributed by atoms with E-state index in [-0.39, 0.29) is 29.5 Å². The van der Waals surface area contributed by atoms with Gasteiger partial charge in [0.05, 0.1) is 12.2 Å². The number of nitrogens with zero attached hydrogens (tertiary/aromatic N) is 3. The van der Waals surface area contributed by atoms with Gasteiger partial charge < -0.3 is 15.0 Å². The van der Waals surface area contributed by atoms with Crippen LogP contribution in [-0.4, -0.2) is 73.3 Å². The Morgan fingerprint density at radius 1 is 1.12 bits per heavy atom. The lowest BCUT2D eigenvalue weighted by Crippen LogP contribution is -2.56. The topological polar surface area (TPSA) is 40.1 Å². The number of halogens is 1. The Morgan fingerprint density at radius 3 is 2.35 bits per heavy atom. The molecular formula is C20H37IN4O. The summed E-state index contributed by atoms with van der Waals surface area (Å²) in [7, 11) is 1.93. The molecule has 0 aliphatic carbocycles. The molecule has 26 heavy (non-hydrogen) atoms. The number of guanidine groups is 1. The van der Waals surface area contributed by atoms with Crippen molar-refractivity contribution in [1.82, 2.24) is 15.1 Å². The number of nitrogens with one attached hydrogen (secondary N) is 1. The lowest BCUT2D eigenvalue weighted by molar-refractivity contribution is 0.0715. The van der Waals surface area contributed by atoms with Crippen molar-refractivity contribution >= 4 is 29.9 Å². The number of fused-ring (bicyclic) bond motifs is 5. The molecule has 0 amide bonds. The highest BCUT2D eigenvalue weighted by atomic mass is 127. The van der Waals surface area contributed by atoms with E-state index in [1.807, 2.05) is 7.05 Å². The Bertz CT molecular complexity index is 508. The van der Waals surface area contributed by atoms with Crippen molar-refractivity contribution < 1.29 is 4.74 Å². The molecule has 1 N–H and O–H groups in total. The molecule has 6 heteroatoms. The third kappa shape index (κ3) is 3.88. The molecule has 4 aliphatic heterocycles. The van der Waals surface area contributed by atoms with Crippen molar-refractivity contribution in [3.63, 3.8) is 0 Å². The summed E-state index contributed by atoms with van der Waals surface area (Å²) in [5.41, 5.74) is 0.169. The summed E-state index contributed by atoms with van der Waals surface area (Å²) in [6.45, 7) is 12.8. The van der Waals surface area contributed by atoms with Gasteiger partial charge in [-0.3, -0.25) is 9.89 Å². The highest BCUT2D eigenvalue weighted by Gasteiger charge is 2.53. The predicted molar refractivity (Wildman–Crippen MR) is 117 cm³/mol. The van der Waals surface area contributed by atoms with Crippen molar-refractivity contribution in [2.45, 2.75) is 64.2 Å². The second-order valence-corrected chi connectivity index (χ2v) is 9.43. The van der Waals surface area contributed by atoms with Crippen LogP contribution in [0.1, 0.15) is 46.5 Å². The minimum Gasteiger partial charge on any atom is -0.374 e. The molecule has 150 valence electrons. The molecule has 0 saturated carbocycles. The SMILES string of the molecule is CN=C(NCC(C)(C)N1CCCC(C)C1)N1CC2C3CCC(O3)C2C1.I. The smallest absolute Gasteiger partial charge is 0.193 e. The zero-order valence-corrected chi connectivity index (χ0v) is 19.2. The molecule has 0 radical (unpaired) electrons. The molecule has 2 bridgehead atoms. The van der Waals surface area contributed by atoms with E-state index in [0.717, 1.165) is 43.3 Å². The maximum atomic E-state index is 6.11. The average Bonchev–Trinajstić information content (AvgIpc) is 3.28. The number of ether oxygens (including phenoxy) is 1. The van der Waals surface area contributed by atoms with E-state index < -0.39 is 0 Å². The molecule has 5 atom stereocenters. The van der Waals surface area contributed by atoms with Crippen LogP contribution in [0.3, 0.4) is 0 Å². The maximum Gasteiger partial charge on any atom is 0.193 e. The fourth-order valence-corrected chi connectivity index (χ4v) is 5.61. The predicted octanol–water partition coefficient (Wildman–Crippen LogP) is 2.80. The number of piperidine rings is 1. The Labute approximate surface area is 176 Å². The van der Waals surface area contributed by atoms with Crippen molar-refractivity contribution in [3.8, 4) is 0 Å². The van der Waals surface area contributed by atoms with E-state index in [4.69, 9.17) is 4.74 Å². The van der Waals surface area contributed by atoms with E-state index in [1.165, 1.54) is 38.8 Å².